The lowest BCUT2D eigenvalue weighted by molar-refractivity contribution is -0.121. The molecule has 0 radical (unpaired) electrons. The Balaban J connectivity index is 0.00000420. The van der Waals surface area contributed by atoms with E-state index in [9.17, 15) is 9.18 Å². The standard InChI is InChI=1S/C21H27FN4O2.HI/c1-3-28-19-7-5-4-6-16(19)13-25-21(24-2)26-14-17(20(23)27)12-15-8-10-18(22)11-9-15;/h4-11,17H,3,12-14H2,1-2H3,(H2,23,27)(H2,24,25,26);1H. The minimum atomic E-state index is -0.445. The van der Waals surface area contributed by atoms with Gasteiger partial charge in [0.2, 0.25) is 5.91 Å². The third kappa shape index (κ3) is 8.26. The highest BCUT2D eigenvalue weighted by atomic mass is 127. The number of guanidine groups is 1. The van der Waals surface area contributed by atoms with Gasteiger partial charge >= 0.3 is 0 Å². The molecule has 29 heavy (non-hydrogen) atoms. The van der Waals surface area contributed by atoms with Crippen LogP contribution in [0.1, 0.15) is 18.1 Å². The van der Waals surface area contributed by atoms with E-state index in [4.69, 9.17) is 10.5 Å². The molecule has 0 bridgehead atoms. The summed E-state index contributed by atoms with van der Waals surface area (Å²) in [5.74, 6) is 0.194. The Hall–Kier alpha value is -2.36. The second-order valence-corrected chi connectivity index (χ2v) is 6.28. The lowest BCUT2D eigenvalue weighted by Gasteiger charge is -2.18. The molecule has 0 fully saturated rings. The molecule has 0 aliphatic heterocycles. The fourth-order valence-electron chi connectivity index (χ4n) is 2.74. The fourth-order valence-corrected chi connectivity index (χ4v) is 2.74. The molecule has 8 heteroatoms. The van der Waals surface area contributed by atoms with E-state index in [-0.39, 0.29) is 29.8 Å². The number of rotatable bonds is 9. The SMILES string of the molecule is CCOc1ccccc1CNC(=NC)NCC(Cc1ccc(F)cc1)C(N)=O.I. The molecule has 0 aliphatic carbocycles. The number of benzene rings is 2. The summed E-state index contributed by atoms with van der Waals surface area (Å²) < 4.78 is 18.7. The number of hydrogen-bond acceptors (Lipinski definition) is 3. The first kappa shape index (κ1) is 24.7. The molecular weight excluding hydrogens is 486 g/mol. The van der Waals surface area contributed by atoms with E-state index in [0.717, 1.165) is 16.9 Å². The second kappa shape index (κ2) is 13.0. The zero-order valence-corrected chi connectivity index (χ0v) is 19.0. The molecule has 4 N–H and O–H groups in total. The number of hydrogen-bond donors (Lipinski definition) is 3. The lowest BCUT2D eigenvalue weighted by atomic mass is 9.98. The minimum Gasteiger partial charge on any atom is -0.494 e. The van der Waals surface area contributed by atoms with Crippen molar-refractivity contribution < 1.29 is 13.9 Å². The van der Waals surface area contributed by atoms with E-state index in [2.05, 4.69) is 15.6 Å². The Morgan fingerprint density at radius 2 is 1.86 bits per heavy atom. The average molecular weight is 514 g/mol. The van der Waals surface area contributed by atoms with Crippen molar-refractivity contribution in [2.45, 2.75) is 19.9 Å². The van der Waals surface area contributed by atoms with Gasteiger partial charge in [-0.05, 0) is 37.1 Å². The Labute approximate surface area is 188 Å². The first-order valence-corrected chi connectivity index (χ1v) is 9.22. The first-order valence-electron chi connectivity index (χ1n) is 9.22. The lowest BCUT2D eigenvalue weighted by Crippen LogP contribution is -2.42. The number of para-hydroxylation sites is 1. The van der Waals surface area contributed by atoms with Crippen LogP contribution in [0.4, 0.5) is 4.39 Å². The van der Waals surface area contributed by atoms with Crippen LogP contribution in [0, 0.1) is 11.7 Å². The normalized spacial score (nSPS) is 11.9. The molecule has 2 rings (SSSR count). The van der Waals surface area contributed by atoms with E-state index >= 15 is 0 Å². The van der Waals surface area contributed by atoms with E-state index in [1.807, 2.05) is 31.2 Å². The number of carbonyl (C=O) groups is 1. The van der Waals surface area contributed by atoms with Gasteiger partial charge in [0.15, 0.2) is 5.96 Å². The molecule has 2 aromatic carbocycles. The summed E-state index contributed by atoms with van der Waals surface area (Å²) in [6, 6.07) is 13.8. The zero-order valence-electron chi connectivity index (χ0n) is 16.7. The summed E-state index contributed by atoms with van der Waals surface area (Å²) in [5, 5.41) is 6.33. The van der Waals surface area contributed by atoms with Crippen LogP contribution in [-0.2, 0) is 17.8 Å². The van der Waals surface area contributed by atoms with Crippen LogP contribution in [0.15, 0.2) is 53.5 Å². The number of carbonyl (C=O) groups excluding carboxylic acids is 1. The summed E-state index contributed by atoms with van der Waals surface area (Å²) >= 11 is 0. The van der Waals surface area contributed by atoms with Gasteiger partial charge in [0.1, 0.15) is 11.6 Å². The van der Waals surface area contributed by atoms with Gasteiger partial charge in [0.25, 0.3) is 0 Å². The maximum Gasteiger partial charge on any atom is 0.222 e. The van der Waals surface area contributed by atoms with Crippen LogP contribution in [0.3, 0.4) is 0 Å². The zero-order chi connectivity index (χ0) is 20.4. The summed E-state index contributed by atoms with van der Waals surface area (Å²) in [4.78, 5) is 16.0. The van der Waals surface area contributed by atoms with Crippen molar-refractivity contribution in [3.8, 4) is 5.75 Å². The quantitative estimate of drug-likeness (QED) is 0.273. The molecular formula is C21H28FIN4O2. The molecule has 0 aliphatic rings. The van der Waals surface area contributed by atoms with Crippen molar-refractivity contribution >= 4 is 35.8 Å². The summed E-state index contributed by atoms with van der Waals surface area (Å²) in [6.45, 7) is 3.37. The van der Waals surface area contributed by atoms with Crippen LogP contribution < -0.4 is 21.1 Å². The van der Waals surface area contributed by atoms with E-state index in [1.165, 1.54) is 12.1 Å². The topological polar surface area (TPSA) is 88.7 Å². The van der Waals surface area contributed by atoms with Crippen LogP contribution >= 0.6 is 24.0 Å². The predicted octanol–water partition coefficient (Wildman–Crippen LogP) is 2.85. The number of nitrogens with zero attached hydrogens (tertiary/aromatic N) is 1. The predicted molar refractivity (Wildman–Crippen MR) is 124 cm³/mol. The summed E-state index contributed by atoms with van der Waals surface area (Å²) in [5.41, 5.74) is 7.38. The monoisotopic (exact) mass is 514 g/mol. The molecule has 6 nitrogen and oxygen atoms in total. The molecule has 1 unspecified atom stereocenters. The molecule has 0 aromatic heterocycles. The van der Waals surface area contributed by atoms with Gasteiger partial charge in [-0.1, -0.05) is 30.3 Å². The smallest absolute Gasteiger partial charge is 0.222 e. The van der Waals surface area contributed by atoms with Crippen LogP contribution in [0.5, 0.6) is 5.75 Å². The van der Waals surface area contributed by atoms with Gasteiger partial charge in [0.05, 0.1) is 12.5 Å². The van der Waals surface area contributed by atoms with Crippen LogP contribution in [0.25, 0.3) is 0 Å². The van der Waals surface area contributed by atoms with Gasteiger partial charge < -0.3 is 21.1 Å². The molecule has 0 saturated heterocycles. The van der Waals surface area contributed by atoms with E-state index in [0.29, 0.717) is 32.1 Å². The number of halogens is 2. The number of nitrogens with one attached hydrogen (secondary N) is 2. The Kier molecular flexibility index (Phi) is 11.0. The highest BCUT2D eigenvalue weighted by Gasteiger charge is 2.17. The van der Waals surface area contributed by atoms with Crippen LogP contribution in [-0.4, -0.2) is 32.1 Å². The third-order valence-electron chi connectivity index (χ3n) is 4.26. The first-order chi connectivity index (χ1) is 13.5. The third-order valence-corrected chi connectivity index (χ3v) is 4.26. The van der Waals surface area contributed by atoms with Gasteiger partial charge in [0, 0.05) is 25.7 Å². The van der Waals surface area contributed by atoms with Gasteiger partial charge in [-0.2, -0.15) is 0 Å². The largest absolute Gasteiger partial charge is 0.494 e. The second-order valence-electron chi connectivity index (χ2n) is 6.28. The number of aliphatic imine (C=N–C) groups is 1. The molecule has 158 valence electrons. The van der Waals surface area contributed by atoms with Gasteiger partial charge in [-0.3, -0.25) is 9.79 Å². The number of ether oxygens (including phenoxy) is 1. The van der Waals surface area contributed by atoms with Crippen molar-refractivity contribution in [1.82, 2.24) is 10.6 Å². The molecule has 1 amide bonds. The molecule has 1 atom stereocenters. The highest BCUT2D eigenvalue weighted by Crippen LogP contribution is 2.17. The highest BCUT2D eigenvalue weighted by molar-refractivity contribution is 14.0. The van der Waals surface area contributed by atoms with E-state index in [1.54, 1.807) is 19.2 Å². The van der Waals surface area contributed by atoms with Crippen molar-refractivity contribution in [1.29, 1.82) is 0 Å². The molecule has 0 saturated carbocycles. The van der Waals surface area contributed by atoms with E-state index < -0.39 is 11.8 Å². The number of primary amides is 1. The van der Waals surface area contributed by atoms with Crippen molar-refractivity contribution in [3.05, 3.63) is 65.5 Å². The summed E-state index contributed by atoms with van der Waals surface area (Å²) in [7, 11) is 1.66. The van der Waals surface area contributed by atoms with Gasteiger partial charge in [-0.25, -0.2) is 4.39 Å². The molecule has 0 spiro atoms. The molecule has 0 heterocycles. The number of amides is 1. The maximum absolute atomic E-state index is 13.0. The van der Waals surface area contributed by atoms with Crippen molar-refractivity contribution in [2.24, 2.45) is 16.6 Å². The average Bonchev–Trinajstić information content (AvgIpc) is 2.69. The maximum atomic E-state index is 13.0. The van der Waals surface area contributed by atoms with Gasteiger partial charge in [-0.15, -0.1) is 24.0 Å². The van der Waals surface area contributed by atoms with Crippen molar-refractivity contribution in [2.75, 3.05) is 20.2 Å². The van der Waals surface area contributed by atoms with Crippen molar-refractivity contribution in [3.63, 3.8) is 0 Å². The Morgan fingerprint density at radius 1 is 1.17 bits per heavy atom. The minimum absolute atomic E-state index is 0. The Morgan fingerprint density at radius 3 is 2.48 bits per heavy atom. The van der Waals surface area contributed by atoms with Crippen LogP contribution in [0.2, 0.25) is 0 Å². The summed E-state index contributed by atoms with van der Waals surface area (Å²) in [6.07, 6.45) is 0.423. The fraction of sp³-hybridized carbons (Fsp3) is 0.333. The number of nitrogens with two attached hydrogens (primary N) is 1. The molecule has 2 aromatic rings. The Bertz CT molecular complexity index is 800.